The van der Waals surface area contributed by atoms with Gasteiger partial charge in [0.1, 0.15) is 23.7 Å². The molecule has 0 radical (unpaired) electrons. The van der Waals surface area contributed by atoms with Crippen molar-refractivity contribution in [1.29, 1.82) is 0 Å². The van der Waals surface area contributed by atoms with Crippen LogP contribution in [0.3, 0.4) is 0 Å². The third-order valence-corrected chi connectivity index (χ3v) is 5.77. The van der Waals surface area contributed by atoms with Crippen molar-refractivity contribution in [3.63, 3.8) is 0 Å². The van der Waals surface area contributed by atoms with Crippen LogP contribution in [-0.4, -0.2) is 59.3 Å². The number of aliphatic carboxylic acids is 1. The molecule has 6 N–H and O–H groups in total. The predicted molar refractivity (Wildman–Crippen MR) is 148 cm³/mol. The first kappa shape index (κ1) is 31.3. The Bertz CT molecular complexity index is 1070. The van der Waals surface area contributed by atoms with Gasteiger partial charge < -0.3 is 31.5 Å². The number of hydrogen-bond donors (Lipinski definition) is 5. The molecule has 3 amide bonds. The zero-order valence-electron chi connectivity index (χ0n) is 22.8. The van der Waals surface area contributed by atoms with E-state index >= 15 is 0 Å². The summed E-state index contributed by atoms with van der Waals surface area (Å²) in [7, 11) is 0. The second-order valence-electron chi connectivity index (χ2n) is 10.3. The third-order valence-electron chi connectivity index (χ3n) is 5.77. The van der Waals surface area contributed by atoms with Crippen LogP contribution in [-0.2, 0) is 32.0 Å². The van der Waals surface area contributed by atoms with E-state index in [1.54, 1.807) is 32.9 Å². The SMILES string of the molecule is CC(C)(C)OC(=O)N[C@H](Cc1ccccc1)C(=O)N[C@@H](Cc1ccccc1)C(=O)N[C@@H](CCCCN)C(=O)O. The van der Waals surface area contributed by atoms with Crippen LogP contribution in [0.5, 0.6) is 0 Å². The molecule has 212 valence electrons. The molecule has 3 atom stereocenters. The van der Waals surface area contributed by atoms with Crippen LogP contribution >= 0.6 is 0 Å². The Balaban J connectivity index is 2.26. The molecule has 2 rings (SSSR count). The number of hydrogen-bond acceptors (Lipinski definition) is 6. The molecule has 0 unspecified atom stereocenters. The molecule has 0 aromatic heterocycles. The number of benzene rings is 2. The van der Waals surface area contributed by atoms with Crippen molar-refractivity contribution in [1.82, 2.24) is 16.0 Å². The predicted octanol–water partition coefficient (Wildman–Crippen LogP) is 2.55. The van der Waals surface area contributed by atoms with Crippen LogP contribution in [0.4, 0.5) is 4.79 Å². The molecule has 0 aliphatic heterocycles. The highest BCUT2D eigenvalue weighted by atomic mass is 16.6. The Morgan fingerprint density at radius 2 is 1.23 bits per heavy atom. The minimum Gasteiger partial charge on any atom is -0.480 e. The van der Waals surface area contributed by atoms with Gasteiger partial charge in [0.15, 0.2) is 0 Å². The Labute approximate surface area is 229 Å². The zero-order valence-corrected chi connectivity index (χ0v) is 22.8. The fourth-order valence-corrected chi connectivity index (χ4v) is 3.86. The smallest absolute Gasteiger partial charge is 0.408 e. The molecule has 10 nitrogen and oxygen atoms in total. The third kappa shape index (κ3) is 12.0. The first-order valence-electron chi connectivity index (χ1n) is 13.1. The molecule has 39 heavy (non-hydrogen) atoms. The van der Waals surface area contributed by atoms with Crippen LogP contribution in [0.25, 0.3) is 0 Å². The maximum Gasteiger partial charge on any atom is 0.408 e. The molecule has 0 heterocycles. The number of carbonyl (C=O) groups excluding carboxylic acids is 3. The molecule has 10 heteroatoms. The van der Waals surface area contributed by atoms with Gasteiger partial charge in [-0.2, -0.15) is 0 Å². The average molecular weight is 541 g/mol. The number of ether oxygens (including phenoxy) is 1. The number of rotatable bonds is 14. The van der Waals surface area contributed by atoms with Crippen LogP contribution in [0, 0.1) is 0 Å². The number of carboxylic acids is 1. The summed E-state index contributed by atoms with van der Waals surface area (Å²) in [4.78, 5) is 51.1. The molecule has 0 saturated carbocycles. The van der Waals surface area contributed by atoms with E-state index in [0.717, 1.165) is 11.1 Å². The van der Waals surface area contributed by atoms with Crippen molar-refractivity contribution in [3.8, 4) is 0 Å². The fraction of sp³-hybridized carbons (Fsp3) is 0.448. The van der Waals surface area contributed by atoms with Crippen molar-refractivity contribution in [3.05, 3.63) is 71.8 Å². The van der Waals surface area contributed by atoms with Crippen LogP contribution in [0.1, 0.15) is 51.2 Å². The maximum atomic E-state index is 13.5. The molecule has 0 spiro atoms. The normalized spacial score (nSPS) is 13.4. The maximum absolute atomic E-state index is 13.5. The molecule has 2 aromatic rings. The van der Waals surface area contributed by atoms with Gasteiger partial charge >= 0.3 is 12.1 Å². The number of nitrogens with two attached hydrogens (primary N) is 1. The molecule has 0 aliphatic rings. The molecule has 0 saturated heterocycles. The summed E-state index contributed by atoms with van der Waals surface area (Å²) >= 11 is 0. The average Bonchev–Trinajstić information content (AvgIpc) is 2.87. The van der Waals surface area contributed by atoms with Crippen LogP contribution in [0.2, 0.25) is 0 Å². The lowest BCUT2D eigenvalue weighted by Gasteiger charge is -2.26. The van der Waals surface area contributed by atoms with Gasteiger partial charge in [-0.05, 0) is 57.7 Å². The van der Waals surface area contributed by atoms with E-state index < -0.39 is 47.6 Å². The second-order valence-corrected chi connectivity index (χ2v) is 10.3. The van der Waals surface area contributed by atoms with Crippen molar-refractivity contribution in [2.45, 2.75) is 76.6 Å². The number of unbranched alkanes of at least 4 members (excludes halogenated alkanes) is 1. The summed E-state index contributed by atoms with van der Waals surface area (Å²) in [5.41, 5.74) is 6.30. The zero-order chi connectivity index (χ0) is 28.8. The minimum absolute atomic E-state index is 0.123. The number of nitrogens with one attached hydrogen (secondary N) is 3. The molecule has 0 fully saturated rings. The summed E-state index contributed by atoms with van der Waals surface area (Å²) in [5, 5.41) is 17.5. The van der Waals surface area contributed by atoms with Crippen molar-refractivity contribution in [2.24, 2.45) is 5.73 Å². The van der Waals surface area contributed by atoms with Crippen molar-refractivity contribution in [2.75, 3.05) is 6.54 Å². The number of alkyl carbamates (subject to hydrolysis) is 1. The Kier molecular flexibility index (Phi) is 12.4. The Morgan fingerprint density at radius 1 is 0.769 bits per heavy atom. The van der Waals surface area contributed by atoms with Gasteiger partial charge in [0, 0.05) is 12.8 Å². The Morgan fingerprint density at radius 3 is 1.67 bits per heavy atom. The monoisotopic (exact) mass is 540 g/mol. The van der Waals surface area contributed by atoms with Gasteiger partial charge in [-0.1, -0.05) is 60.7 Å². The van der Waals surface area contributed by atoms with E-state index in [2.05, 4.69) is 16.0 Å². The lowest BCUT2D eigenvalue weighted by molar-refractivity contribution is -0.142. The number of carbonyl (C=O) groups is 4. The fourth-order valence-electron chi connectivity index (χ4n) is 3.86. The summed E-state index contributed by atoms with van der Waals surface area (Å²) in [6.07, 6.45) is 0.874. The highest BCUT2D eigenvalue weighted by molar-refractivity contribution is 5.93. The van der Waals surface area contributed by atoms with E-state index in [1.165, 1.54) is 0 Å². The van der Waals surface area contributed by atoms with E-state index in [9.17, 15) is 24.3 Å². The quantitative estimate of drug-likeness (QED) is 0.230. The van der Waals surface area contributed by atoms with Gasteiger partial charge in [-0.15, -0.1) is 0 Å². The molecule has 2 aromatic carbocycles. The van der Waals surface area contributed by atoms with E-state index in [4.69, 9.17) is 10.5 Å². The van der Waals surface area contributed by atoms with Crippen molar-refractivity contribution < 1.29 is 29.0 Å². The largest absolute Gasteiger partial charge is 0.480 e. The van der Waals surface area contributed by atoms with Crippen molar-refractivity contribution >= 4 is 23.9 Å². The first-order valence-corrected chi connectivity index (χ1v) is 13.1. The lowest BCUT2D eigenvalue weighted by atomic mass is 10.0. The standard InChI is InChI=1S/C29H40N4O6/c1-29(2,3)39-28(38)33-24(19-21-14-8-5-9-15-21)26(35)32-23(18-20-12-6-4-7-13-20)25(34)31-22(27(36)37)16-10-11-17-30/h4-9,12-15,22-24H,10-11,16-19,30H2,1-3H3,(H,31,34)(H,32,35)(H,33,38)(H,36,37)/t22-,23-,24+/m0/s1. The topological polar surface area (TPSA) is 160 Å². The van der Waals surface area contributed by atoms with Gasteiger partial charge in [-0.25, -0.2) is 9.59 Å². The van der Waals surface area contributed by atoms with Crippen LogP contribution in [0.15, 0.2) is 60.7 Å². The minimum atomic E-state index is -1.17. The van der Waals surface area contributed by atoms with E-state index in [-0.39, 0.29) is 19.3 Å². The highest BCUT2D eigenvalue weighted by Gasteiger charge is 2.30. The highest BCUT2D eigenvalue weighted by Crippen LogP contribution is 2.11. The van der Waals surface area contributed by atoms with E-state index in [1.807, 2.05) is 48.5 Å². The summed E-state index contributed by atoms with van der Waals surface area (Å²) in [5.74, 6) is -2.41. The number of amides is 3. The summed E-state index contributed by atoms with van der Waals surface area (Å²) in [6, 6.07) is 14.9. The first-order chi connectivity index (χ1) is 18.5. The Hall–Kier alpha value is -3.92. The summed E-state index contributed by atoms with van der Waals surface area (Å²) in [6.45, 7) is 5.56. The molecule has 0 aliphatic carbocycles. The van der Waals surface area contributed by atoms with Gasteiger partial charge in [0.25, 0.3) is 0 Å². The molecular weight excluding hydrogens is 500 g/mol. The van der Waals surface area contributed by atoms with Gasteiger partial charge in [-0.3, -0.25) is 9.59 Å². The number of carboxylic acid groups (broad SMARTS) is 1. The second kappa shape index (κ2) is 15.5. The molecule has 0 bridgehead atoms. The lowest BCUT2D eigenvalue weighted by Crippen LogP contribution is -2.57. The van der Waals surface area contributed by atoms with Gasteiger partial charge in [0.2, 0.25) is 11.8 Å². The van der Waals surface area contributed by atoms with Crippen LogP contribution < -0.4 is 21.7 Å². The van der Waals surface area contributed by atoms with E-state index in [0.29, 0.717) is 19.4 Å². The summed E-state index contributed by atoms with van der Waals surface area (Å²) < 4.78 is 5.35. The van der Waals surface area contributed by atoms with Gasteiger partial charge in [0.05, 0.1) is 0 Å². The molecular formula is C29H40N4O6.